The van der Waals surface area contributed by atoms with Crippen molar-refractivity contribution in [1.29, 1.82) is 0 Å². The number of para-hydroxylation sites is 1. The Morgan fingerprint density at radius 3 is 2.71 bits per heavy atom. The summed E-state index contributed by atoms with van der Waals surface area (Å²) < 4.78 is 0. The molecule has 3 heteroatoms. The first kappa shape index (κ1) is 12.4. The highest BCUT2D eigenvalue weighted by Crippen LogP contribution is 2.32. The van der Waals surface area contributed by atoms with E-state index in [4.69, 9.17) is 0 Å². The Morgan fingerprint density at radius 1 is 1.41 bits per heavy atom. The Balaban J connectivity index is 2.27. The van der Waals surface area contributed by atoms with Crippen LogP contribution in [-0.4, -0.2) is 28.9 Å². The minimum atomic E-state index is -0.607. The van der Waals surface area contributed by atoms with E-state index < -0.39 is 11.7 Å². The van der Waals surface area contributed by atoms with Crippen LogP contribution in [0.15, 0.2) is 24.3 Å². The van der Waals surface area contributed by atoms with Crippen LogP contribution in [0.2, 0.25) is 0 Å². The summed E-state index contributed by atoms with van der Waals surface area (Å²) >= 11 is 0. The molecule has 94 valence electrons. The van der Waals surface area contributed by atoms with Crippen molar-refractivity contribution >= 4 is 5.69 Å². The molecule has 0 aromatic heterocycles. The van der Waals surface area contributed by atoms with E-state index in [1.54, 1.807) is 0 Å². The minimum absolute atomic E-state index is 0.420. The number of anilines is 1. The highest BCUT2D eigenvalue weighted by Gasteiger charge is 2.32. The largest absolute Gasteiger partial charge is 0.388 e. The van der Waals surface area contributed by atoms with Gasteiger partial charge in [-0.25, -0.2) is 0 Å². The first-order valence-electron chi connectivity index (χ1n) is 6.28. The molecule has 1 aromatic carbocycles. The summed E-state index contributed by atoms with van der Waals surface area (Å²) in [5.74, 6) is 0. The molecule has 0 spiro atoms. The van der Waals surface area contributed by atoms with Gasteiger partial charge in [0.1, 0.15) is 0 Å². The maximum absolute atomic E-state index is 10.0. The molecular weight excluding hydrogens is 214 g/mol. The van der Waals surface area contributed by atoms with Crippen molar-refractivity contribution in [3.8, 4) is 0 Å². The molecule has 1 aliphatic heterocycles. The second-order valence-electron chi connectivity index (χ2n) is 5.15. The topological polar surface area (TPSA) is 43.7 Å². The standard InChI is InChI=1S/C14H21NO2/c1-3-13(16)11-6-4-5-7-12(11)15-9-8-14(2,17)10-15/h4-7,13,16-17H,3,8-10H2,1-2H3. The predicted octanol–water partition coefficient (Wildman–Crippen LogP) is 2.09. The fourth-order valence-corrected chi connectivity index (χ4v) is 2.43. The molecular formula is C14H21NO2. The fraction of sp³-hybridized carbons (Fsp3) is 0.571. The molecule has 1 fully saturated rings. The van der Waals surface area contributed by atoms with E-state index in [9.17, 15) is 10.2 Å². The molecule has 0 radical (unpaired) electrons. The summed E-state index contributed by atoms with van der Waals surface area (Å²) in [4.78, 5) is 2.16. The van der Waals surface area contributed by atoms with Crippen LogP contribution in [0, 0.1) is 0 Å². The third-order valence-corrected chi connectivity index (χ3v) is 3.47. The SMILES string of the molecule is CCC(O)c1ccccc1N1CCC(C)(O)C1. The number of benzene rings is 1. The van der Waals surface area contributed by atoms with Crippen LogP contribution < -0.4 is 4.90 Å². The number of β-amino-alcohol motifs (C(OH)–C–C–N with tert-alkyl or cyclic N) is 1. The van der Waals surface area contributed by atoms with Crippen molar-refractivity contribution in [3.05, 3.63) is 29.8 Å². The molecule has 1 saturated heterocycles. The lowest BCUT2D eigenvalue weighted by atomic mass is 10.0. The average molecular weight is 235 g/mol. The number of aliphatic hydroxyl groups is 2. The van der Waals surface area contributed by atoms with Gasteiger partial charge in [0, 0.05) is 24.3 Å². The number of nitrogens with zero attached hydrogens (tertiary/aromatic N) is 1. The summed E-state index contributed by atoms with van der Waals surface area (Å²) in [7, 11) is 0. The van der Waals surface area contributed by atoms with Crippen LogP contribution in [0.4, 0.5) is 5.69 Å². The molecule has 0 amide bonds. The molecule has 2 rings (SSSR count). The smallest absolute Gasteiger partial charge is 0.0810 e. The van der Waals surface area contributed by atoms with Gasteiger partial charge in [0.2, 0.25) is 0 Å². The summed E-state index contributed by atoms with van der Waals surface area (Å²) in [6, 6.07) is 7.92. The van der Waals surface area contributed by atoms with Crippen LogP contribution in [0.25, 0.3) is 0 Å². The van der Waals surface area contributed by atoms with E-state index in [-0.39, 0.29) is 0 Å². The molecule has 2 N–H and O–H groups in total. The van der Waals surface area contributed by atoms with Gasteiger partial charge in [-0.3, -0.25) is 0 Å². The Hall–Kier alpha value is -1.06. The highest BCUT2D eigenvalue weighted by molar-refractivity contribution is 5.55. The first-order valence-corrected chi connectivity index (χ1v) is 6.28. The van der Waals surface area contributed by atoms with Gasteiger partial charge in [0.05, 0.1) is 11.7 Å². The van der Waals surface area contributed by atoms with Gasteiger partial charge < -0.3 is 15.1 Å². The number of aliphatic hydroxyl groups excluding tert-OH is 1. The molecule has 2 unspecified atom stereocenters. The van der Waals surface area contributed by atoms with Crippen molar-refractivity contribution in [2.24, 2.45) is 0 Å². The van der Waals surface area contributed by atoms with E-state index in [1.807, 2.05) is 38.1 Å². The van der Waals surface area contributed by atoms with Crippen LogP contribution in [0.3, 0.4) is 0 Å². The van der Waals surface area contributed by atoms with Crippen molar-refractivity contribution < 1.29 is 10.2 Å². The molecule has 2 atom stereocenters. The van der Waals surface area contributed by atoms with Gasteiger partial charge in [0.25, 0.3) is 0 Å². The van der Waals surface area contributed by atoms with Gasteiger partial charge in [-0.1, -0.05) is 25.1 Å². The predicted molar refractivity (Wildman–Crippen MR) is 69.1 cm³/mol. The lowest BCUT2D eigenvalue weighted by molar-refractivity contribution is 0.0838. The van der Waals surface area contributed by atoms with E-state index in [0.717, 1.165) is 24.2 Å². The zero-order valence-corrected chi connectivity index (χ0v) is 10.6. The molecule has 3 nitrogen and oxygen atoms in total. The summed E-state index contributed by atoms with van der Waals surface area (Å²) in [6.07, 6.45) is 1.07. The van der Waals surface area contributed by atoms with Crippen LogP contribution in [0.5, 0.6) is 0 Å². The quantitative estimate of drug-likeness (QED) is 0.843. The van der Waals surface area contributed by atoms with E-state index in [2.05, 4.69) is 4.90 Å². The summed E-state index contributed by atoms with van der Waals surface area (Å²) in [6.45, 7) is 5.33. The molecule has 17 heavy (non-hydrogen) atoms. The van der Waals surface area contributed by atoms with Gasteiger partial charge >= 0.3 is 0 Å². The zero-order valence-electron chi connectivity index (χ0n) is 10.6. The normalized spacial score (nSPS) is 26.2. The van der Waals surface area contributed by atoms with Crippen molar-refractivity contribution in [2.75, 3.05) is 18.0 Å². The fourth-order valence-electron chi connectivity index (χ4n) is 2.43. The van der Waals surface area contributed by atoms with E-state index in [1.165, 1.54) is 0 Å². The molecule has 1 aliphatic rings. The monoisotopic (exact) mass is 235 g/mol. The van der Waals surface area contributed by atoms with E-state index >= 15 is 0 Å². The maximum Gasteiger partial charge on any atom is 0.0810 e. The summed E-state index contributed by atoms with van der Waals surface area (Å²) in [5, 5.41) is 20.0. The average Bonchev–Trinajstić information content (AvgIpc) is 2.68. The Morgan fingerprint density at radius 2 is 2.12 bits per heavy atom. The Labute approximate surface area is 103 Å². The van der Waals surface area contributed by atoms with Gasteiger partial charge in [-0.2, -0.15) is 0 Å². The zero-order chi connectivity index (χ0) is 12.5. The highest BCUT2D eigenvalue weighted by atomic mass is 16.3. The third kappa shape index (κ3) is 2.61. The van der Waals surface area contributed by atoms with Gasteiger partial charge in [-0.05, 0) is 25.8 Å². The maximum atomic E-state index is 10.0. The van der Waals surface area contributed by atoms with Crippen LogP contribution in [0.1, 0.15) is 38.4 Å². The molecule has 0 bridgehead atoms. The minimum Gasteiger partial charge on any atom is -0.388 e. The Kier molecular flexibility index (Phi) is 3.40. The molecule has 0 saturated carbocycles. The van der Waals surface area contributed by atoms with Crippen molar-refractivity contribution in [1.82, 2.24) is 0 Å². The molecule has 1 heterocycles. The first-order chi connectivity index (χ1) is 8.03. The van der Waals surface area contributed by atoms with Crippen LogP contribution >= 0.6 is 0 Å². The second kappa shape index (κ2) is 4.67. The van der Waals surface area contributed by atoms with Crippen molar-refractivity contribution in [3.63, 3.8) is 0 Å². The molecule has 1 aromatic rings. The molecule has 0 aliphatic carbocycles. The third-order valence-electron chi connectivity index (χ3n) is 3.47. The number of rotatable bonds is 3. The number of hydrogen-bond donors (Lipinski definition) is 2. The van der Waals surface area contributed by atoms with Gasteiger partial charge in [-0.15, -0.1) is 0 Å². The second-order valence-corrected chi connectivity index (χ2v) is 5.15. The van der Waals surface area contributed by atoms with Crippen molar-refractivity contribution in [2.45, 2.75) is 38.4 Å². The van der Waals surface area contributed by atoms with Gasteiger partial charge in [0.15, 0.2) is 0 Å². The lowest BCUT2D eigenvalue weighted by Crippen LogP contribution is -2.30. The number of hydrogen-bond acceptors (Lipinski definition) is 3. The van der Waals surface area contributed by atoms with Crippen LogP contribution in [-0.2, 0) is 0 Å². The lowest BCUT2D eigenvalue weighted by Gasteiger charge is -2.25. The summed E-state index contributed by atoms with van der Waals surface area (Å²) in [5.41, 5.74) is 1.41. The van der Waals surface area contributed by atoms with E-state index in [0.29, 0.717) is 13.0 Å². The Bertz CT molecular complexity index is 390.